The third kappa shape index (κ3) is 1.81. The molecule has 0 N–H and O–H groups in total. The number of ether oxygens (including phenoxy) is 1. The van der Waals surface area contributed by atoms with Crippen molar-refractivity contribution in [2.45, 2.75) is 37.8 Å². The molecule has 1 saturated heterocycles. The molecule has 1 fully saturated rings. The van der Waals surface area contributed by atoms with Crippen LogP contribution in [0.5, 0.6) is 0 Å². The van der Waals surface area contributed by atoms with Crippen LogP contribution in [0.3, 0.4) is 0 Å². The van der Waals surface area contributed by atoms with Crippen molar-refractivity contribution in [3.05, 3.63) is 29.6 Å². The Kier molecular flexibility index (Phi) is 3.04. The predicted molar refractivity (Wildman–Crippen MR) is 67.0 cm³/mol. The maximum absolute atomic E-state index is 12.3. The molecule has 18 heavy (non-hydrogen) atoms. The number of hydrogen-bond donors (Lipinski definition) is 0. The lowest BCUT2D eigenvalue weighted by Gasteiger charge is -2.35. The van der Waals surface area contributed by atoms with Gasteiger partial charge in [0.25, 0.3) is 0 Å². The van der Waals surface area contributed by atoms with Crippen molar-refractivity contribution in [1.82, 2.24) is 9.88 Å². The molecule has 2 aliphatic rings. The summed E-state index contributed by atoms with van der Waals surface area (Å²) in [6.07, 6.45) is 5.41. The van der Waals surface area contributed by atoms with E-state index in [1.54, 1.807) is 7.11 Å². The van der Waals surface area contributed by atoms with Crippen LogP contribution in [-0.4, -0.2) is 35.5 Å². The summed E-state index contributed by atoms with van der Waals surface area (Å²) >= 11 is 0. The van der Waals surface area contributed by atoms with E-state index >= 15 is 0 Å². The molecule has 2 aliphatic heterocycles. The zero-order valence-corrected chi connectivity index (χ0v) is 10.6. The molecule has 0 aromatic carbocycles. The highest BCUT2D eigenvalue weighted by Gasteiger charge is 2.42. The maximum Gasteiger partial charge on any atom is 0.225 e. The van der Waals surface area contributed by atoms with Crippen molar-refractivity contribution in [3.8, 4) is 0 Å². The highest BCUT2D eigenvalue weighted by atomic mass is 16.5. The van der Waals surface area contributed by atoms with Crippen molar-refractivity contribution in [2.24, 2.45) is 0 Å². The smallest absolute Gasteiger partial charge is 0.225 e. The first kappa shape index (κ1) is 11.7. The van der Waals surface area contributed by atoms with E-state index in [1.165, 1.54) is 11.3 Å². The monoisotopic (exact) mass is 246 g/mol. The van der Waals surface area contributed by atoms with Crippen LogP contribution < -0.4 is 0 Å². The maximum atomic E-state index is 12.3. The Bertz CT molecular complexity index is 461. The van der Waals surface area contributed by atoms with Crippen molar-refractivity contribution in [2.75, 3.05) is 13.7 Å². The number of carbonyl (C=O) groups is 1. The van der Waals surface area contributed by atoms with Crippen molar-refractivity contribution in [1.29, 1.82) is 0 Å². The number of methoxy groups -OCH3 is 1. The summed E-state index contributed by atoms with van der Waals surface area (Å²) in [5, 5.41) is 0. The van der Waals surface area contributed by atoms with Gasteiger partial charge in [-0.15, -0.1) is 0 Å². The third-order valence-electron chi connectivity index (χ3n) is 4.02. The topological polar surface area (TPSA) is 42.4 Å². The molecule has 1 amide bonds. The number of amides is 1. The van der Waals surface area contributed by atoms with Crippen molar-refractivity contribution in [3.63, 3.8) is 0 Å². The number of nitrogens with zero attached hydrogens (tertiary/aromatic N) is 2. The Morgan fingerprint density at radius 1 is 1.56 bits per heavy atom. The summed E-state index contributed by atoms with van der Waals surface area (Å²) in [4.78, 5) is 18.8. The summed E-state index contributed by atoms with van der Waals surface area (Å²) < 4.78 is 5.00. The van der Waals surface area contributed by atoms with Gasteiger partial charge in [0.05, 0.1) is 19.1 Å². The molecule has 0 saturated carbocycles. The average Bonchev–Trinajstić information content (AvgIpc) is 2.72. The van der Waals surface area contributed by atoms with Crippen LogP contribution in [0.25, 0.3) is 0 Å². The van der Waals surface area contributed by atoms with Gasteiger partial charge < -0.3 is 9.64 Å². The Morgan fingerprint density at radius 2 is 2.44 bits per heavy atom. The highest BCUT2D eigenvalue weighted by Crippen LogP contribution is 2.43. The van der Waals surface area contributed by atoms with Gasteiger partial charge >= 0.3 is 0 Å². The summed E-state index contributed by atoms with van der Waals surface area (Å²) in [5.74, 6) is 0.221. The minimum absolute atomic E-state index is 0.221. The lowest BCUT2D eigenvalue weighted by molar-refractivity contribution is -0.135. The molecule has 4 nitrogen and oxygen atoms in total. The highest BCUT2D eigenvalue weighted by molar-refractivity contribution is 5.78. The van der Waals surface area contributed by atoms with Crippen LogP contribution in [0, 0.1) is 0 Å². The Hall–Kier alpha value is -1.42. The zero-order chi connectivity index (χ0) is 12.5. The van der Waals surface area contributed by atoms with Gasteiger partial charge in [-0.2, -0.15) is 0 Å². The van der Waals surface area contributed by atoms with Gasteiger partial charge in [0, 0.05) is 31.5 Å². The van der Waals surface area contributed by atoms with Crippen LogP contribution in [0.2, 0.25) is 0 Å². The van der Waals surface area contributed by atoms with E-state index in [4.69, 9.17) is 4.74 Å². The van der Waals surface area contributed by atoms with Crippen LogP contribution in [0.4, 0.5) is 0 Å². The molecule has 0 aliphatic carbocycles. The fourth-order valence-electron chi connectivity index (χ4n) is 3.23. The Labute approximate surface area is 107 Å². The van der Waals surface area contributed by atoms with Crippen molar-refractivity contribution < 1.29 is 9.53 Å². The molecule has 1 aromatic rings. The van der Waals surface area contributed by atoms with Gasteiger partial charge in [-0.1, -0.05) is 6.07 Å². The number of fused-ring (bicyclic) bond motifs is 4. The van der Waals surface area contributed by atoms with E-state index in [2.05, 4.69) is 16.0 Å². The lowest BCUT2D eigenvalue weighted by Crippen LogP contribution is -2.42. The van der Waals surface area contributed by atoms with Gasteiger partial charge in [-0.3, -0.25) is 9.78 Å². The van der Waals surface area contributed by atoms with E-state index in [0.29, 0.717) is 19.1 Å². The number of pyridine rings is 1. The van der Waals surface area contributed by atoms with Gasteiger partial charge in [0.15, 0.2) is 0 Å². The van der Waals surface area contributed by atoms with Crippen LogP contribution in [0.1, 0.15) is 36.6 Å². The fraction of sp³-hybridized carbons (Fsp3) is 0.571. The SMILES string of the molecule is COCCC(=O)N1C2CCC1c1cccnc1C2. The van der Waals surface area contributed by atoms with E-state index in [-0.39, 0.29) is 11.9 Å². The second-order valence-electron chi connectivity index (χ2n) is 5.03. The fourth-order valence-corrected chi connectivity index (χ4v) is 3.23. The quantitative estimate of drug-likeness (QED) is 0.815. The molecule has 1 aromatic heterocycles. The molecular formula is C14H18N2O2. The molecule has 2 atom stereocenters. The van der Waals surface area contributed by atoms with Crippen LogP contribution in [0.15, 0.2) is 18.3 Å². The lowest BCUT2D eigenvalue weighted by atomic mass is 9.97. The minimum Gasteiger partial charge on any atom is -0.384 e. The number of aromatic nitrogens is 1. The van der Waals surface area contributed by atoms with E-state index in [1.807, 2.05) is 12.3 Å². The minimum atomic E-state index is 0.221. The zero-order valence-electron chi connectivity index (χ0n) is 10.6. The molecular weight excluding hydrogens is 228 g/mol. The first-order valence-corrected chi connectivity index (χ1v) is 6.55. The second kappa shape index (κ2) is 4.69. The Morgan fingerprint density at radius 3 is 3.28 bits per heavy atom. The third-order valence-corrected chi connectivity index (χ3v) is 4.02. The number of rotatable bonds is 3. The van der Waals surface area contributed by atoms with Crippen LogP contribution >= 0.6 is 0 Å². The molecule has 0 radical (unpaired) electrons. The molecule has 2 bridgehead atoms. The summed E-state index contributed by atoms with van der Waals surface area (Å²) in [6.45, 7) is 0.509. The summed E-state index contributed by atoms with van der Waals surface area (Å²) in [6, 6.07) is 4.68. The van der Waals surface area contributed by atoms with E-state index < -0.39 is 0 Å². The Balaban J connectivity index is 1.85. The van der Waals surface area contributed by atoms with Crippen LogP contribution in [-0.2, 0) is 16.0 Å². The molecule has 3 rings (SSSR count). The molecule has 96 valence electrons. The second-order valence-corrected chi connectivity index (χ2v) is 5.03. The first-order valence-electron chi connectivity index (χ1n) is 6.55. The standard InChI is InChI=1S/C14H18N2O2/c1-18-8-6-14(17)16-10-4-5-13(16)11-3-2-7-15-12(11)9-10/h2-3,7,10,13H,4-6,8-9H2,1H3. The largest absolute Gasteiger partial charge is 0.384 e. The summed E-state index contributed by atoms with van der Waals surface area (Å²) in [7, 11) is 1.64. The van der Waals surface area contributed by atoms with Gasteiger partial charge in [0.2, 0.25) is 5.91 Å². The van der Waals surface area contributed by atoms with Crippen molar-refractivity contribution >= 4 is 5.91 Å². The normalized spacial score (nSPS) is 25.1. The van der Waals surface area contributed by atoms with Gasteiger partial charge in [0.1, 0.15) is 0 Å². The molecule has 0 spiro atoms. The van der Waals surface area contributed by atoms with Gasteiger partial charge in [-0.25, -0.2) is 0 Å². The number of carbonyl (C=O) groups excluding carboxylic acids is 1. The molecule has 4 heteroatoms. The first-order chi connectivity index (χ1) is 8.81. The predicted octanol–water partition coefficient (Wildman–Crippen LogP) is 1.71. The average molecular weight is 246 g/mol. The number of hydrogen-bond acceptors (Lipinski definition) is 3. The van der Waals surface area contributed by atoms with E-state index in [0.717, 1.165) is 19.3 Å². The molecule has 2 unspecified atom stereocenters. The van der Waals surface area contributed by atoms with Gasteiger partial charge in [-0.05, 0) is 24.5 Å². The van der Waals surface area contributed by atoms with E-state index in [9.17, 15) is 4.79 Å². The summed E-state index contributed by atoms with van der Waals surface area (Å²) in [5.41, 5.74) is 2.43. The molecule has 3 heterocycles.